The van der Waals surface area contributed by atoms with Crippen molar-refractivity contribution in [3.8, 4) is 0 Å². The third-order valence-electron chi connectivity index (χ3n) is 16.0. The van der Waals surface area contributed by atoms with E-state index in [0.29, 0.717) is 25.7 Å². The number of rotatable bonds is 46. The van der Waals surface area contributed by atoms with Crippen LogP contribution in [-0.4, -0.2) is 63.7 Å². The van der Waals surface area contributed by atoms with Gasteiger partial charge in [0.25, 0.3) is 0 Å². The molecule has 0 atom stereocenters. The molecular weight excluding hydrogens is 1020 g/mol. The molecule has 4 aromatic carbocycles. The molecule has 0 aromatic heterocycles. The van der Waals surface area contributed by atoms with Gasteiger partial charge in [0.15, 0.2) is 0 Å². The van der Waals surface area contributed by atoms with E-state index in [4.69, 9.17) is 0 Å². The second-order valence-corrected chi connectivity index (χ2v) is 25.4. The van der Waals surface area contributed by atoms with Crippen LogP contribution in [0.4, 0.5) is 0 Å². The largest absolute Gasteiger partial charge is 2.00 e. The molecule has 0 spiro atoms. The third kappa shape index (κ3) is 30.9. The van der Waals surface area contributed by atoms with Crippen molar-refractivity contribution in [3.05, 3.63) is 82.9 Å². The van der Waals surface area contributed by atoms with E-state index < -0.39 is 20.2 Å². The van der Waals surface area contributed by atoms with Crippen LogP contribution in [0.5, 0.6) is 0 Å². The standard InChI is InChI=1S/2C34H56O3S.Ca/c2*1-3-5-7-9-11-13-15-17-19-21-26-31-29-30-25-23-24-27-32(30)33(34(31)38(35,36)37)28-22-20-18-16-14-12-10-8-6-4-2;/h2*23-25,27,29H,3-22,26,28H2,1-2H3,(H,35,36,37);/q;;+2/p-2. The molecule has 0 amide bonds. The summed E-state index contributed by atoms with van der Waals surface area (Å²) in [4.78, 5) is 0.172. The zero-order chi connectivity index (χ0) is 55.0. The molecule has 0 bridgehead atoms. The number of benzene rings is 4. The zero-order valence-corrected chi connectivity index (χ0v) is 53.7. The topological polar surface area (TPSA) is 114 Å². The molecule has 0 saturated carbocycles. The zero-order valence-electron chi connectivity index (χ0n) is 49.9. The smallest absolute Gasteiger partial charge is 0.744 e. The van der Waals surface area contributed by atoms with Gasteiger partial charge in [-0.3, -0.25) is 0 Å². The van der Waals surface area contributed by atoms with Gasteiger partial charge in [0, 0.05) is 0 Å². The van der Waals surface area contributed by atoms with E-state index in [1.165, 1.54) is 205 Å². The van der Waals surface area contributed by atoms with Crippen molar-refractivity contribution in [2.75, 3.05) is 0 Å². The van der Waals surface area contributed by atoms with Gasteiger partial charge >= 0.3 is 37.7 Å². The third-order valence-corrected chi connectivity index (χ3v) is 18.0. The molecule has 0 fully saturated rings. The quantitative estimate of drug-likeness (QED) is 0.0247. The maximum atomic E-state index is 12.5. The van der Waals surface area contributed by atoms with Gasteiger partial charge in [-0.2, -0.15) is 0 Å². The van der Waals surface area contributed by atoms with Crippen LogP contribution in [0.2, 0.25) is 0 Å². The minimum absolute atomic E-state index is 0. The van der Waals surface area contributed by atoms with E-state index in [-0.39, 0.29) is 47.5 Å². The summed E-state index contributed by atoms with van der Waals surface area (Å²) in [5.74, 6) is 0. The summed E-state index contributed by atoms with van der Waals surface area (Å²) in [6.45, 7) is 9.00. The fraction of sp³-hybridized carbons (Fsp3) is 0.706. The normalized spacial score (nSPS) is 11.8. The van der Waals surface area contributed by atoms with Crippen molar-refractivity contribution in [2.45, 2.75) is 320 Å². The minimum Gasteiger partial charge on any atom is -0.744 e. The number of hydrogen-bond donors (Lipinski definition) is 0. The van der Waals surface area contributed by atoms with E-state index in [1.807, 2.05) is 48.5 Å². The second kappa shape index (κ2) is 45.1. The average Bonchev–Trinajstić information content (AvgIpc) is 3.41. The van der Waals surface area contributed by atoms with Crippen LogP contribution in [0.1, 0.15) is 307 Å². The van der Waals surface area contributed by atoms with Crippen molar-refractivity contribution in [2.24, 2.45) is 0 Å². The van der Waals surface area contributed by atoms with E-state index in [2.05, 4.69) is 39.8 Å². The molecule has 4 aromatic rings. The van der Waals surface area contributed by atoms with Crippen molar-refractivity contribution in [1.29, 1.82) is 0 Å². The first kappa shape index (κ1) is 71.6. The molecule has 77 heavy (non-hydrogen) atoms. The Bertz CT molecular complexity index is 2160. The molecule has 0 aliphatic rings. The summed E-state index contributed by atoms with van der Waals surface area (Å²) in [7, 11) is -9.06. The predicted octanol–water partition coefficient (Wildman–Crippen LogP) is 21.0. The van der Waals surface area contributed by atoms with Gasteiger partial charge in [0.2, 0.25) is 0 Å². The Morgan fingerprint density at radius 2 is 0.506 bits per heavy atom. The molecule has 0 radical (unpaired) electrons. The monoisotopic (exact) mass is 1130 g/mol. The van der Waals surface area contributed by atoms with Gasteiger partial charge < -0.3 is 9.11 Å². The number of hydrogen-bond acceptors (Lipinski definition) is 6. The summed E-state index contributed by atoms with van der Waals surface area (Å²) in [5, 5.41) is 3.99. The van der Waals surface area contributed by atoms with Crippen LogP contribution in [0, 0.1) is 0 Å². The number of aryl methyl sites for hydroxylation is 4. The van der Waals surface area contributed by atoms with E-state index in [0.717, 1.165) is 95.2 Å². The van der Waals surface area contributed by atoms with Crippen LogP contribution < -0.4 is 0 Å². The Morgan fingerprint density at radius 1 is 0.299 bits per heavy atom. The van der Waals surface area contributed by atoms with Crippen molar-refractivity contribution < 1.29 is 25.9 Å². The Labute approximate surface area is 504 Å². The molecule has 6 nitrogen and oxygen atoms in total. The van der Waals surface area contributed by atoms with Gasteiger partial charge in [0.1, 0.15) is 20.2 Å². The Hall–Kier alpha value is -1.52. The maximum absolute atomic E-state index is 12.5. The molecule has 4 rings (SSSR count). The number of unbranched alkanes of at least 4 members (excludes halogenated alkanes) is 36. The minimum atomic E-state index is -4.53. The van der Waals surface area contributed by atoms with Crippen LogP contribution >= 0.6 is 0 Å². The molecule has 0 heterocycles. The van der Waals surface area contributed by atoms with E-state index in [1.54, 1.807) is 0 Å². The van der Waals surface area contributed by atoms with Crippen LogP contribution in [-0.2, 0) is 45.9 Å². The summed E-state index contributed by atoms with van der Waals surface area (Å²) in [5.41, 5.74) is 3.00. The molecule has 0 saturated heterocycles. The molecule has 9 heteroatoms. The summed E-state index contributed by atoms with van der Waals surface area (Å²) in [6.07, 6.45) is 52.3. The molecular formula is C68H110CaO6S2. The Morgan fingerprint density at radius 3 is 0.740 bits per heavy atom. The first-order valence-electron chi connectivity index (χ1n) is 32.0. The van der Waals surface area contributed by atoms with Gasteiger partial charge in [-0.15, -0.1) is 0 Å². The SMILES string of the molecule is CCCCCCCCCCCCc1cc2ccccc2c(CCCCCCCCCCCC)c1S(=O)(=O)[O-].CCCCCCCCCCCCc1cc2ccccc2c(CCCCCCCCCCCC)c1S(=O)(=O)[O-].[Ca+2]. The maximum Gasteiger partial charge on any atom is 2.00 e. The Kier molecular flexibility index (Phi) is 41.9. The van der Waals surface area contributed by atoms with Crippen molar-refractivity contribution in [1.82, 2.24) is 0 Å². The fourth-order valence-corrected chi connectivity index (χ4v) is 13.6. The predicted molar refractivity (Wildman–Crippen MR) is 332 cm³/mol. The second-order valence-electron chi connectivity index (χ2n) is 22.8. The van der Waals surface area contributed by atoms with Crippen molar-refractivity contribution in [3.63, 3.8) is 0 Å². The first-order valence-corrected chi connectivity index (χ1v) is 34.8. The van der Waals surface area contributed by atoms with E-state index in [9.17, 15) is 25.9 Å². The molecule has 0 unspecified atom stereocenters. The summed E-state index contributed by atoms with van der Waals surface area (Å²) >= 11 is 0. The fourth-order valence-electron chi connectivity index (χ4n) is 11.6. The first-order chi connectivity index (χ1) is 37.0. The number of fused-ring (bicyclic) bond motifs is 2. The van der Waals surface area contributed by atoms with Crippen LogP contribution in [0.15, 0.2) is 70.5 Å². The summed E-state index contributed by atoms with van der Waals surface area (Å²) in [6, 6.07) is 19.9. The van der Waals surface area contributed by atoms with Crippen molar-refractivity contribution >= 4 is 79.5 Å². The van der Waals surface area contributed by atoms with Crippen LogP contribution in [0.25, 0.3) is 21.5 Å². The molecule has 0 aliphatic heterocycles. The van der Waals surface area contributed by atoms with Gasteiger partial charge in [-0.05, 0) is 107 Å². The average molecular weight is 1130 g/mol. The summed E-state index contributed by atoms with van der Waals surface area (Å²) < 4.78 is 75.2. The van der Waals surface area contributed by atoms with Crippen LogP contribution in [0.3, 0.4) is 0 Å². The molecule has 0 aliphatic carbocycles. The molecule has 0 N–H and O–H groups in total. The van der Waals surface area contributed by atoms with Gasteiger partial charge in [-0.1, -0.05) is 307 Å². The van der Waals surface area contributed by atoms with E-state index >= 15 is 0 Å². The van der Waals surface area contributed by atoms with Gasteiger partial charge in [0.05, 0.1) is 9.79 Å². The Balaban J connectivity index is 0.000000520. The molecule has 432 valence electrons. The van der Waals surface area contributed by atoms with Gasteiger partial charge in [-0.25, -0.2) is 16.8 Å².